The summed E-state index contributed by atoms with van der Waals surface area (Å²) in [5.74, 6) is 4.20. The van der Waals surface area contributed by atoms with Crippen LogP contribution in [0, 0.1) is 17.8 Å². The van der Waals surface area contributed by atoms with E-state index in [1.54, 1.807) is 0 Å². The Morgan fingerprint density at radius 1 is 0.739 bits per heavy atom. The molecule has 4 heteroatoms. The molecule has 2 aliphatic heterocycles. The molecule has 4 nitrogen and oxygen atoms in total. The van der Waals surface area contributed by atoms with Crippen molar-refractivity contribution in [3.05, 3.63) is 58.2 Å². The Morgan fingerprint density at radius 3 is 1.93 bits per heavy atom. The Bertz CT molecular complexity index is 1460. The van der Waals surface area contributed by atoms with Crippen LogP contribution in [0.25, 0.3) is 11.1 Å². The molecule has 46 heavy (non-hydrogen) atoms. The molecule has 3 atom stereocenters. The summed E-state index contributed by atoms with van der Waals surface area (Å²) in [7, 11) is 0. The number of hydrogen-bond donors (Lipinski definition) is 2. The number of phenolic OH excluding ortho intramolecular Hbond substituents is 2. The van der Waals surface area contributed by atoms with Crippen molar-refractivity contribution in [2.45, 2.75) is 150 Å². The van der Waals surface area contributed by atoms with E-state index in [9.17, 15) is 10.2 Å². The van der Waals surface area contributed by atoms with Crippen molar-refractivity contribution in [2.75, 3.05) is 0 Å². The summed E-state index contributed by atoms with van der Waals surface area (Å²) in [6.07, 6.45) is 17.3. The van der Waals surface area contributed by atoms with Gasteiger partial charge in [-0.2, -0.15) is 0 Å². The van der Waals surface area contributed by atoms with Gasteiger partial charge in [-0.05, 0) is 149 Å². The zero-order valence-electron chi connectivity index (χ0n) is 30.0. The molecular formula is C42H60O4. The maximum atomic E-state index is 10.7. The first-order valence-corrected chi connectivity index (χ1v) is 18.4. The molecule has 2 heterocycles. The van der Waals surface area contributed by atoms with E-state index >= 15 is 0 Å². The zero-order chi connectivity index (χ0) is 33.2. The minimum absolute atomic E-state index is 0.201. The average Bonchev–Trinajstić information content (AvgIpc) is 2.96. The summed E-state index contributed by atoms with van der Waals surface area (Å²) in [4.78, 5) is 0. The molecule has 4 aliphatic rings. The molecule has 2 aromatic carbocycles. The molecule has 0 spiro atoms. The molecule has 2 aliphatic carbocycles. The van der Waals surface area contributed by atoms with E-state index in [2.05, 4.69) is 73.6 Å². The fourth-order valence-corrected chi connectivity index (χ4v) is 8.31. The number of fused-ring (bicyclic) bond motifs is 5. The molecule has 0 saturated heterocycles. The lowest BCUT2D eigenvalue weighted by atomic mass is 9.70. The van der Waals surface area contributed by atoms with Crippen LogP contribution < -0.4 is 9.47 Å². The van der Waals surface area contributed by atoms with Crippen LogP contribution in [0.15, 0.2) is 35.9 Å². The molecule has 0 fully saturated rings. The van der Waals surface area contributed by atoms with Gasteiger partial charge in [0.15, 0.2) is 0 Å². The standard InChI is InChI=1S/2C21H30O2/c2*1-5-6-7-8-15-12-18(22)20-16-11-14(2)9-10-17(16)21(3,4)23-19(20)13-15/h12-14,22H,5-11H2,1-4H3;11-14,17,22H,5-10H2,1-4H3/t14-;14-,17-/m11/s1. The average molecular weight is 629 g/mol. The lowest BCUT2D eigenvalue weighted by Gasteiger charge is -2.44. The van der Waals surface area contributed by atoms with Crippen LogP contribution in [0.5, 0.6) is 23.0 Å². The second-order valence-electron chi connectivity index (χ2n) is 15.7. The monoisotopic (exact) mass is 628 g/mol. The molecule has 6 rings (SSSR count). The topological polar surface area (TPSA) is 58.9 Å². The van der Waals surface area contributed by atoms with E-state index in [1.165, 1.54) is 79.2 Å². The third kappa shape index (κ3) is 7.32. The van der Waals surface area contributed by atoms with E-state index < -0.39 is 0 Å². The number of hydrogen-bond acceptors (Lipinski definition) is 4. The molecule has 2 aromatic rings. The first-order valence-electron chi connectivity index (χ1n) is 18.4. The predicted octanol–water partition coefficient (Wildman–Crippen LogP) is 11.6. The highest BCUT2D eigenvalue weighted by Crippen LogP contribution is 2.53. The van der Waals surface area contributed by atoms with Crippen molar-refractivity contribution < 1.29 is 19.7 Å². The van der Waals surface area contributed by atoms with E-state index in [0.29, 0.717) is 29.3 Å². The fourth-order valence-electron chi connectivity index (χ4n) is 8.31. The number of allylic oxidation sites excluding steroid dienone is 2. The molecule has 0 amide bonds. The molecular weight excluding hydrogens is 568 g/mol. The fraction of sp³-hybridized carbons (Fsp3) is 0.619. The lowest BCUT2D eigenvalue weighted by Crippen LogP contribution is -2.42. The molecule has 252 valence electrons. The second-order valence-corrected chi connectivity index (χ2v) is 15.7. The van der Waals surface area contributed by atoms with E-state index in [0.717, 1.165) is 54.7 Å². The first-order chi connectivity index (χ1) is 21.8. The van der Waals surface area contributed by atoms with Crippen molar-refractivity contribution in [3.63, 3.8) is 0 Å². The molecule has 0 aromatic heterocycles. The van der Waals surface area contributed by atoms with Crippen molar-refractivity contribution in [1.29, 1.82) is 0 Å². The van der Waals surface area contributed by atoms with Crippen LogP contribution in [0.3, 0.4) is 0 Å². The smallest absolute Gasteiger partial charge is 0.132 e. The Kier molecular flexibility index (Phi) is 10.5. The Balaban J connectivity index is 0.000000181. The van der Waals surface area contributed by atoms with Gasteiger partial charge in [0.25, 0.3) is 0 Å². The lowest BCUT2D eigenvalue weighted by molar-refractivity contribution is 0.0510. The quantitative estimate of drug-likeness (QED) is 0.286. The Hall–Kier alpha value is -2.88. The number of unbranched alkanes of at least 4 members (excludes halogenated alkanes) is 4. The van der Waals surface area contributed by atoms with Gasteiger partial charge in [0.05, 0.1) is 11.1 Å². The molecule has 0 radical (unpaired) electrons. The first kappa shape index (κ1) is 34.5. The van der Waals surface area contributed by atoms with Crippen molar-refractivity contribution in [2.24, 2.45) is 17.8 Å². The van der Waals surface area contributed by atoms with Crippen molar-refractivity contribution in [3.8, 4) is 23.0 Å². The van der Waals surface area contributed by atoms with Gasteiger partial charge >= 0.3 is 0 Å². The van der Waals surface area contributed by atoms with Crippen LogP contribution in [0.4, 0.5) is 0 Å². The number of ether oxygens (including phenoxy) is 2. The highest BCUT2D eigenvalue weighted by molar-refractivity contribution is 5.82. The summed E-state index contributed by atoms with van der Waals surface area (Å²) in [6.45, 7) is 17.7. The zero-order valence-corrected chi connectivity index (χ0v) is 30.0. The van der Waals surface area contributed by atoms with Crippen LogP contribution in [-0.2, 0) is 12.8 Å². The largest absolute Gasteiger partial charge is 0.507 e. The predicted molar refractivity (Wildman–Crippen MR) is 192 cm³/mol. The number of aryl methyl sites for hydroxylation is 2. The maximum Gasteiger partial charge on any atom is 0.132 e. The van der Waals surface area contributed by atoms with Crippen molar-refractivity contribution in [1.82, 2.24) is 0 Å². The normalized spacial score (nSPS) is 23.7. The molecule has 2 N–H and O–H groups in total. The SMILES string of the molecule is CCCCCc1cc(O)c2c(c1)OC(C)(C)C1=C2C[C@H](C)CC1.CCCCCc1cc(O)c2c(c1)OC(C)(C)[C@@H]1CC[C@@H](C)C=C21. The van der Waals surface area contributed by atoms with Crippen LogP contribution in [0.1, 0.15) is 148 Å². The number of aromatic hydroxyl groups is 2. The van der Waals surface area contributed by atoms with Gasteiger partial charge in [-0.15, -0.1) is 0 Å². The van der Waals surface area contributed by atoms with Gasteiger partial charge in [0, 0.05) is 5.92 Å². The van der Waals surface area contributed by atoms with E-state index in [-0.39, 0.29) is 11.2 Å². The number of benzene rings is 2. The van der Waals surface area contributed by atoms with Gasteiger partial charge in [-0.3, -0.25) is 0 Å². The highest BCUT2D eigenvalue weighted by atomic mass is 16.5. The van der Waals surface area contributed by atoms with Crippen molar-refractivity contribution >= 4 is 11.1 Å². The number of rotatable bonds is 8. The minimum atomic E-state index is -0.253. The molecule has 0 bridgehead atoms. The third-order valence-corrected chi connectivity index (χ3v) is 10.9. The van der Waals surface area contributed by atoms with E-state index in [4.69, 9.17) is 9.47 Å². The van der Waals surface area contributed by atoms with Gasteiger partial charge in [0.2, 0.25) is 0 Å². The number of phenols is 2. The summed E-state index contributed by atoms with van der Waals surface area (Å²) < 4.78 is 12.7. The van der Waals surface area contributed by atoms with Gasteiger partial charge in [-0.25, -0.2) is 0 Å². The van der Waals surface area contributed by atoms with E-state index in [1.807, 2.05) is 12.1 Å². The third-order valence-electron chi connectivity index (χ3n) is 10.9. The summed E-state index contributed by atoms with van der Waals surface area (Å²) in [6, 6.07) is 8.23. The molecule has 0 unspecified atom stereocenters. The van der Waals surface area contributed by atoms with Gasteiger partial charge in [-0.1, -0.05) is 59.5 Å². The van der Waals surface area contributed by atoms with Crippen LogP contribution >= 0.6 is 0 Å². The molecule has 0 saturated carbocycles. The Labute approximate surface area is 279 Å². The van der Waals surface area contributed by atoms with Gasteiger partial charge in [0.1, 0.15) is 34.2 Å². The highest BCUT2D eigenvalue weighted by Gasteiger charge is 2.43. The summed E-state index contributed by atoms with van der Waals surface area (Å²) in [5, 5.41) is 21.3. The van der Waals surface area contributed by atoms with Crippen LogP contribution in [-0.4, -0.2) is 21.4 Å². The Morgan fingerprint density at radius 2 is 1.33 bits per heavy atom. The maximum absolute atomic E-state index is 10.7. The summed E-state index contributed by atoms with van der Waals surface area (Å²) in [5.41, 5.74) is 7.86. The second kappa shape index (κ2) is 14.1. The van der Waals surface area contributed by atoms with Gasteiger partial charge < -0.3 is 19.7 Å². The van der Waals surface area contributed by atoms with Crippen LogP contribution in [0.2, 0.25) is 0 Å². The minimum Gasteiger partial charge on any atom is -0.507 e. The summed E-state index contributed by atoms with van der Waals surface area (Å²) >= 11 is 0.